The molecule has 8 nitrogen and oxygen atoms in total. The minimum atomic E-state index is -0.488. The van der Waals surface area contributed by atoms with E-state index in [1.54, 1.807) is 18.3 Å². The first kappa shape index (κ1) is 16.2. The summed E-state index contributed by atoms with van der Waals surface area (Å²) in [6, 6.07) is 5.32. The molecule has 3 heterocycles. The first-order valence-corrected chi connectivity index (χ1v) is 8.43. The number of nitrogens with zero attached hydrogens (tertiary/aromatic N) is 4. The minimum Gasteiger partial charge on any atom is -0.491 e. The lowest BCUT2D eigenvalue weighted by Crippen LogP contribution is -2.11. The van der Waals surface area contributed by atoms with Gasteiger partial charge in [-0.15, -0.1) is 0 Å². The Bertz CT molecular complexity index is 1000. The summed E-state index contributed by atoms with van der Waals surface area (Å²) in [4.78, 5) is 16.2. The van der Waals surface area contributed by atoms with Gasteiger partial charge in [-0.25, -0.2) is 4.98 Å². The molecule has 1 aliphatic rings. The van der Waals surface area contributed by atoms with Gasteiger partial charge < -0.3 is 20.8 Å². The Kier molecular flexibility index (Phi) is 3.68. The molecule has 26 heavy (non-hydrogen) atoms. The van der Waals surface area contributed by atoms with E-state index in [0.717, 1.165) is 22.8 Å². The lowest BCUT2D eigenvalue weighted by molar-refractivity contribution is 0.1000. The van der Waals surface area contributed by atoms with Crippen molar-refractivity contribution < 1.29 is 9.53 Å². The van der Waals surface area contributed by atoms with Crippen LogP contribution in [0.1, 0.15) is 30.2 Å². The monoisotopic (exact) mass is 352 g/mol. The molecular formula is C18H20N6O2. The summed E-state index contributed by atoms with van der Waals surface area (Å²) in [5.74, 6) is 0.875. The average molecular weight is 352 g/mol. The van der Waals surface area contributed by atoms with Crippen molar-refractivity contribution in [1.82, 2.24) is 19.3 Å². The number of rotatable bonds is 3. The number of hydrogen-bond acceptors (Lipinski definition) is 5. The zero-order valence-corrected chi connectivity index (χ0v) is 14.6. The quantitative estimate of drug-likeness (QED) is 0.749. The Morgan fingerprint density at radius 3 is 2.88 bits per heavy atom. The van der Waals surface area contributed by atoms with Gasteiger partial charge in [0, 0.05) is 17.8 Å². The molecule has 1 aromatic carbocycles. The van der Waals surface area contributed by atoms with Crippen LogP contribution in [0.4, 0.5) is 5.69 Å². The minimum absolute atomic E-state index is 0.164. The molecule has 0 radical (unpaired) electrons. The second-order valence-electron chi connectivity index (χ2n) is 6.55. The lowest BCUT2D eigenvalue weighted by atomic mass is 10.1. The van der Waals surface area contributed by atoms with Crippen LogP contribution in [0.3, 0.4) is 0 Å². The molecule has 3 aromatic rings. The number of ether oxygens (including phenoxy) is 1. The topological polar surface area (TPSA) is 114 Å². The number of imidazole rings is 1. The molecule has 2 aromatic heterocycles. The second kappa shape index (κ2) is 5.91. The number of carbonyl (C=O) groups is 1. The first-order valence-electron chi connectivity index (χ1n) is 8.43. The predicted octanol–water partition coefficient (Wildman–Crippen LogP) is 2.07. The highest BCUT2D eigenvalue weighted by molar-refractivity contribution is 5.94. The first-order chi connectivity index (χ1) is 12.5. The van der Waals surface area contributed by atoms with Crippen molar-refractivity contribution in [3.05, 3.63) is 36.2 Å². The van der Waals surface area contributed by atoms with Gasteiger partial charge in [-0.2, -0.15) is 5.10 Å². The third kappa shape index (κ3) is 2.50. The molecule has 0 fully saturated rings. The summed E-state index contributed by atoms with van der Waals surface area (Å²) < 4.78 is 9.68. The normalized spacial score (nSPS) is 13.0. The summed E-state index contributed by atoms with van der Waals surface area (Å²) in [5, 5.41) is 4.36. The maximum absolute atomic E-state index is 11.4. The van der Waals surface area contributed by atoms with Gasteiger partial charge in [-0.05, 0) is 32.0 Å². The maximum atomic E-state index is 11.4. The summed E-state index contributed by atoms with van der Waals surface area (Å²) in [5.41, 5.74) is 14.9. The van der Waals surface area contributed by atoms with Crippen LogP contribution in [0.25, 0.3) is 22.8 Å². The van der Waals surface area contributed by atoms with Gasteiger partial charge in [0.1, 0.15) is 29.6 Å². The highest BCUT2D eigenvalue weighted by atomic mass is 16.5. The van der Waals surface area contributed by atoms with Gasteiger partial charge >= 0.3 is 0 Å². The van der Waals surface area contributed by atoms with E-state index in [2.05, 4.69) is 5.10 Å². The molecule has 0 saturated heterocycles. The number of amides is 1. The van der Waals surface area contributed by atoms with E-state index in [1.165, 1.54) is 0 Å². The van der Waals surface area contributed by atoms with E-state index >= 15 is 0 Å². The Labute approximate surface area is 150 Å². The van der Waals surface area contributed by atoms with E-state index in [1.807, 2.05) is 35.4 Å². The van der Waals surface area contributed by atoms with Crippen LogP contribution < -0.4 is 16.2 Å². The Morgan fingerprint density at radius 1 is 1.35 bits per heavy atom. The van der Waals surface area contributed by atoms with Crippen LogP contribution in [0.2, 0.25) is 0 Å². The number of nitrogen functional groups attached to an aromatic ring is 1. The van der Waals surface area contributed by atoms with Gasteiger partial charge in [0.2, 0.25) is 5.91 Å². The molecule has 0 spiro atoms. The fraction of sp³-hybridized carbons (Fsp3) is 0.278. The molecular weight excluding hydrogens is 332 g/mol. The molecule has 8 heteroatoms. The fourth-order valence-electron chi connectivity index (χ4n) is 3.18. The molecule has 4 rings (SSSR count). The number of benzene rings is 1. The third-order valence-electron chi connectivity index (χ3n) is 4.43. The zero-order chi connectivity index (χ0) is 18.4. The average Bonchev–Trinajstić information content (AvgIpc) is 3.14. The standard InChI is InChI=1S/C18H20N6O2/c1-10(2)24-16(13(19)8-21-24)14-9-23-5-6-26-15-7-11(17(20)25)3-4-12(15)18(23)22-14/h3-4,7-10H,5-6,19H2,1-2H3,(H2,20,25). The summed E-state index contributed by atoms with van der Waals surface area (Å²) in [6.45, 7) is 5.20. The SMILES string of the molecule is CC(C)n1ncc(N)c1-c1cn2c(n1)-c1ccc(C(N)=O)cc1OCC2. The van der Waals surface area contributed by atoms with Crippen LogP contribution in [-0.2, 0) is 6.54 Å². The molecule has 0 unspecified atom stereocenters. The Hall–Kier alpha value is -3.29. The molecule has 4 N–H and O–H groups in total. The predicted molar refractivity (Wildman–Crippen MR) is 97.7 cm³/mol. The van der Waals surface area contributed by atoms with Crippen LogP contribution >= 0.6 is 0 Å². The molecule has 0 bridgehead atoms. The number of anilines is 1. The van der Waals surface area contributed by atoms with Crippen molar-refractivity contribution in [2.75, 3.05) is 12.3 Å². The van der Waals surface area contributed by atoms with Crippen molar-refractivity contribution in [3.63, 3.8) is 0 Å². The number of primary amides is 1. The fourth-order valence-corrected chi connectivity index (χ4v) is 3.18. The van der Waals surface area contributed by atoms with E-state index < -0.39 is 5.91 Å². The van der Waals surface area contributed by atoms with Crippen LogP contribution in [-0.4, -0.2) is 31.8 Å². The van der Waals surface area contributed by atoms with Crippen LogP contribution in [0.15, 0.2) is 30.6 Å². The highest BCUT2D eigenvalue weighted by Gasteiger charge is 2.23. The zero-order valence-electron chi connectivity index (χ0n) is 14.6. The van der Waals surface area contributed by atoms with Gasteiger partial charge in [-0.1, -0.05) is 0 Å². The van der Waals surface area contributed by atoms with E-state index in [4.69, 9.17) is 21.2 Å². The Balaban J connectivity index is 1.86. The van der Waals surface area contributed by atoms with E-state index in [-0.39, 0.29) is 6.04 Å². The van der Waals surface area contributed by atoms with E-state index in [0.29, 0.717) is 30.2 Å². The molecule has 0 atom stereocenters. The molecule has 1 aliphatic heterocycles. The van der Waals surface area contributed by atoms with Gasteiger partial charge in [0.15, 0.2) is 0 Å². The summed E-state index contributed by atoms with van der Waals surface area (Å²) in [6.07, 6.45) is 3.61. The lowest BCUT2D eigenvalue weighted by Gasteiger charge is -2.10. The number of nitrogens with two attached hydrogens (primary N) is 2. The van der Waals surface area contributed by atoms with Crippen molar-refractivity contribution in [3.8, 4) is 28.5 Å². The molecule has 1 amide bonds. The number of aromatic nitrogens is 4. The largest absolute Gasteiger partial charge is 0.491 e. The highest BCUT2D eigenvalue weighted by Crippen LogP contribution is 2.36. The second-order valence-corrected chi connectivity index (χ2v) is 6.55. The van der Waals surface area contributed by atoms with Crippen LogP contribution in [0, 0.1) is 0 Å². The number of fused-ring (bicyclic) bond motifs is 3. The van der Waals surface area contributed by atoms with Gasteiger partial charge in [0.05, 0.1) is 24.0 Å². The van der Waals surface area contributed by atoms with Crippen molar-refractivity contribution in [1.29, 1.82) is 0 Å². The van der Waals surface area contributed by atoms with Gasteiger partial charge in [0.25, 0.3) is 0 Å². The van der Waals surface area contributed by atoms with Crippen molar-refractivity contribution in [2.45, 2.75) is 26.4 Å². The van der Waals surface area contributed by atoms with Crippen molar-refractivity contribution in [2.24, 2.45) is 5.73 Å². The summed E-state index contributed by atoms with van der Waals surface area (Å²) in [7, 11) is 0. The van der Waals surface area contributed by atoms with Crippen molar-refractivity contribution >= 4 is 11.6 Å². The molecule has 0 aliphatic carbocycles. The third-order valence-corrected chi connectivity index (χ3v) is 4.43. The van der Waals surface area contributed by atoms with Crippen LogP contribution in [0.5, 0.6) is 5.75 Å². The summed E-state index contributed by atoms with van der Waals surface area (Å²) >= 11 is 0. The number of carbonyl (C=O) groups excluding carboxylic acids is 1. The molecule has 134 valence electrons. The maximum Gasteiger partial charge on any atom is 0.248 e. The van der Waals surface area contributed by atoms with E-state index in [9.17, 15) is 4.79 Å². The Morgan fingerprint density at radius 2 is 2.15 bits per heavy atom. The van der Waals surface area contributed by atoms with Gasteiger partial charge in [-0.3, -0.25) is 9.48 Å². The number of hydrogen-bond donors (Lipinski definition) is 2. The smallest absolute Gasteiger partial charge is 0.248 e. The molecule has 0 saturated carbocycles.